The lowest BCUT2D eigenvalue weighted by Crippen LogP contribution is -2.29. The minimum absolute atomic E-state index is 0.0796. The Hall–Kier alpha value is -1.42. The number of amides is 1. The van der Waals surface area contributed by atoms with Gasteiger partial charge in [-0.1, -0.05) is 0 Å². The lowest BCUT2D eigenvalue weighted by Gasteiger charge is -2.16. The van der Waals surface area contributed by atoms with Crippen LogP contribution >= 0.6 is 0 Å². The number of likely N-dealkylation sites (tertiary alicyclic amines) is 1. The van der Waals surface area contributed by atoms with Gasteiger partial charge in [-0.25, -0.2) is 4.39 Å². The summed E-state index contributed by atoms with van der Waals surface area (Å²) in [7, 11) is 0. The van der Waals surface area contributed by atoms with Gasteiger partial charge in [0.05, 0.1) is 0 Å². The Morgan fingerprint density at radius 1 is 1.59 bits per heavy atom. The average molecular weight is 237 g/mol. The minimum Gasteiger partial charge on any atom is -0.396 e. The van der Waals surface area contributed by atoms with Gasteiger partial charge in [-0.2, -0.15) is 0 Å². The summed E-state index contributed by atoms with van der Waals surface area (Å²) < 4.78 is 13.1. The zero-order valence-corrected chi connectivity index (χ0v) is 9.82. The molecule has 0 aliphatic carbocycles. The lowest BCUT2D eigenvalue weighted by molar-refractivity contribution is 0.0781. The van der Waals surface area contributed by atoms with Gasteiger partial charge in [0.15, 0.2) is 0 Å². The Morgan fingerprint density at radius 2 is 2.35 bits per heavy atom. The van der Waals surface area contributed by atoms with E-state index in [4.69, 9.17) is 5.11 Å². The van der Waals surface area contributed by atoms with Crippen molar-refractivity contribution < 1.29 is 14.3 Å². The van der Waals surface area contributed by atoms with Gasteiger partial charge >= 0.3 is 0 Å². The number of halogens is 1. The van der Waals surface area contributed by atoms with Crippen LogP contribution in [0, 0.1) is 18.7 Å². The summed E-state index contributed by atoms with van der Waals surface area (Å²) in [6, 6.07) is 4.41. The topological polar surface area (TPSA) is 40.5 Å². The quantitative estimate of drug-likeness (QED) is 0.848. The predicted molar refractivity (Wildman–Crippen MR) is 62.2 cm³/mol. The average Bonchev–Trinajstić information content (AvgIpc) is 2.80. The molecule has 1 aromatic carbocycles. The molecule has 0 spiro atoms. The van der Waals surface area contributed by atoms with Gasteiger partial charge in [-0.3, -0.25) is 4.79 Å². The molecule has 92 valence electrons. The van der Waals surface area contributed by atoms with Gasteiger partial charge in [0.1, 0.15) is 5.82 Å². The van der Waals surface area contributed by atoms with Crippen molar-refractivity contribution >= 4 is 5.91 Å². The van der Waals surface area contributed by atoms with Crippen molar-refractivity contribution in [2.24, 2.45) is 5.92 Å². The van der Waals surface area contributed by atoms with Gasteiger partial charge in [0, 0.05) is 31.2 Å². The van der Waals surface area contributed by atoms with Crippen molar-refractivity contribution in [3.8, 4) is 0 Å². The van der Waals surface area contributed by atoms with E-state index in [1.54, 1.807) is 17.9 Å². The number of hydrogen-bond donors (Lipinski definition) is 1. The molecule has 2 rings (SSSR count). The highest BCUT2D eigenvalue weighted by Gasteiger charge is 2.26. The molecule has 1 heterocycles. The number of aryl methyl sites for hydroxylation is 1. The molecule has 1 aliphatic heterocycles. The van der Waals surface area contributed by atoms with Crippen LogP contribution in [0.2, 0.25) is 0 Å². The van der Waals surface area contributed by atoms with Gasteiger partial charge in [-0.05, 0) is 37.1 Å². The van der Waals surface area contributed by atoms with E-state index in [1.807, 2.05) is 0 Å². The molecule has 1 N–H and O–H groups in total. The number of nitrogens with zero attached hydrogens (tertiary/aromatic N) is 1. The highest BCUT2D eigenvalue weighted by atomic mass is 19.1. The Morgan fingerprint density at radius 3 is 2.94 bits per heavy atom. The van der Waals surface area contributed by atoms with Crippen molar-refractivity contribution in [1.29, 1.82) is 0 Å². The van der Waals surface area contributed by atoms with Crippen LogP contribution in [0.4, 0.5) is 4.39 Å². The molecular weight excluding hydrogens is 221 g/mol. The monoisotopic (exact) mass is 237 g/mol. The Labute approximate surface area is 99.9 Å². The summed E-state index contributed by atoms with van der Waals surface area (Å²) in [6.07, 6.45) is 0.836. The summed E-state index contributed by atoms with van der Waals surface area (Å²) in [6.45, 7) is 3.02. The maximum absolute atomic E-state index is 13.1. The maximum atomic E-state index is 13.1. The summed E-state index contributed by atoms with van der Waals surface area (Å²) in [5.41, 5.74) is 0.997. The highest BCUT2D eigenvalue weighted by molar-refractivity contribution is 5.94. The first-order valence-corrected chi connectivity index (χ1v) is 5.78. The maximum Gasteiger partial charge on any atom is 0.253 e. The third-order valence-electron chi connectivity index (χ3n) is 3.24. The first kappa shape index (κ1) is 12.0. The minimum atomic E-state index is -0.295. The zero-order chi connectivity index (χ0) is 12.4. The molecule has 17 heavy (non-hydrogen) atoms. The van der Waals surface area contributed by atoms with Crippen LogP contribution in [0.5, 0.6) is 0 Å². The standard InChI is InChI=1S/C13H16FNO2/c1-9-6-11(2-3-12(9)14)13(17)15-5-4-10(7-15)8-16/h2-3,6,10,16H,4-5,7-8H2,1H3. The Balaban J connectivity index is 2.12. The van der Waals surface area contributed by atoms with Crippen LogP contribution in [-0.2, 0) is 0 Å². The molecule has 1 fully saturated rings. The number of aliphatic hydroxyl groups excluding tert-OH is 1. The number of carbonyl (C=O) groups is 1. The van der Waals surface area contributed by atoms with Gasteiger partial charge in [-0.15, -0.1) is 0 Å². The van der Waals surface area contributed by atoms with E-state index in [0.717, 1.165) is 6.42 Å². The zero-order valence-electron chi connectivity index (χ0n) is 9.82. The number of carbonyl (C=O) groups excluding carboxylic acids is 1. The molecule has 1 unspecified atom stereocenters. The van der Waals surface area contributed by atoms with Gasteiger partial charge < -0.3 is 10.0 Å². The molecule has 0 saturated carbocycles. The lowest BCUT2D eigenvalue weighted by atomic mass is 10.1. The van der Waals surface area contributed by atoms with Gasteiger partial charge in [0.25, 0.3) is 5.91 Å². The summed E-state index contributed by atoms with van der Waals surface area (Å²) in [4.78, 5) is 13.8. The fourth-order valence-electron chi connectivity index (χ4n) is 2.13. The van der Waals surface area contributed by atoms with E-state index in [9.17, 15) is 9.18 Å². The van der Waals surface area contributed by atoms with E-state index in [2.05, 4.69) is 0 Å². The van der Waals surface area contributed by atoms with Crippen LogP contribution < -0.4 is 0 Å². The molecule has 1 atom stereocenters. The third kappa shape index (κ3) is 2.47. The molecule has 0 bridgehead atoms. The molecule has 1 aliphatic rings. The molecule has 3 nitrogen and oxygen atoms in total. The second-order valence-electron chi connectivity index (χ2n) is 4.55. The molecule has 4 heteroatoms. The van der Waals surface area contributed by atoms with Crippen LogP contribution in [0.3, 0.4) is 0 Å². The smallest absolute Gasteiger partial charge is 0.253 e. The van der Waals surface area contributed by atoms with E-state index in [-0.39, 0.29) is 24.2 Å². The number of benzene rings is 1. The largest absolute Gasteiger partial charge is 0.396 e. The summed E-state index contributed by atoms with van der Waals surface area (Å²) >= 11 is 0. The summed E-state index contributed by atoms with van der Waals surface area (Å²) in [5, 5.41) is 9.03. The Kier molecular flexibility index (Phi) is 3.43. The summed E-state index contributed by atoms with van der Waals surface area (Å²) in [5.74, 6) is -0.194. The third-order valence-corrected chi connectivity index (χ3v) is 3.24. The van der Waals surface area contributed by atoms with Gasteiger partial charge in [0.2, 0.25) is 0 Å². The Bertz CT molecular complexity index is 433. The van der Waals surface area contributed by atoms with Crippen molar-refractivity contribution in [1.82, 2.24) is 4.90 Å². The number of aliphatic hydroxyl groups is 1. The van der Waals surface area contributed by atoms with Crippen molar-refractivity contribution in [3.63, 3.8) is 0 Å². The number of hydrogen-bond acceptors (Lipinski definition) is 2. The van der Waals surface area contributed by atoms with Crippen LogP contribution in [0.15, 0.2) is 18.2 Å². The molecular formula is C13H16FNO2. The van der Waals surface area contributed by atoms with Crippen molar-refractivity contribution in [2.75, 3.05) is 19.7 Å². The van der Waals surface area contributed by atoms with Crippen molar-refractivity contribution in [3.05, 3.63) is 35.1 Å². The van der Waals surface area contributed by atoms with E-state index in [1.165, 1.54) is 12.1 Å². The molecule has 1 saturated heterocycles. The molecule has 0 aromatic heterocycles. The fraction of sp³-hybridized carbons (Fsp3) is 0.462. The second kappa shape index (κ2) is 4.84. The first-order valence-electron chi connectivity index (χ1n) is 5.78. The highest BCUT2D eigenvalue weighted by Crippen LogP contribution is 2.19. The molecule has 1 aromatic rings. The van der Waals surface area contributed by atoms with E-state index < -0.39 is 0 Å². The predicted octanol–water partition coefficient (Wildman–Crippen LogP) is 1.59. The second-order valence-corrected chi connectivity index (χ2v) is 4.55. The van der Waals surface area contributed by atoms with Crippen LogP contribution in [0.25, 0.3) is 0 Å². The van der Waals surface area contributed by atoms with E-state index >= 15 is 0 Å². The molecule has 1 amide bonds. The van der Waals surface area contributed by atoms with E-state index in [0.29, 0.717) is 24.2 Å². The first-order chi connectivity index (χ1) is 8.11. The van der Waals surface area contributed by atoms with Crippen LogP contribution in [0.1, 0.15) is 22.3 Å². The fourth-order valence-corrected chi connectivity index (χ4v) is 2.13. The normalized spacial score (nSPS) is 19.7. The molecule has 0 radical (unpaired) electrons. The SMILES string of the molecule is Cc1cc(C(=O)N2CCC(CO)C2)ccc1F. The van der Waals surface area contributed by atoms with Crippen LogP contribution in [-0.4, -0.2) is 35.6 Å². The number of rotatable bonds is 2. The van der Waals surface area contributed by atoms with Crippen molar-refractivity contribution in [2.45, 2.75) is 13.3 Å².